The van der Waals surface area contributed by atoms with E-state index in [4.69, 9.17) is 10.5 Å². The van der Waals surface area contributed by atoms with Gasteiger partial charge in [0.15, 0.2) is 11.6 Å². The Morgan fingerprint density at radius 2 is 1.88 bits per heavy atom. The Balaban J connectivity index is 2.47. The van der Waals surface area contributed by atoms with Crippen molar-refractivity contribution in [1.29, 1.82) is 0 Å². The summed E-state index contributed by atoms with van der Waals surface area (Å²) < 4.78 is 31.5. The number of hydrogen-bond donors (Lipinski definition) is 1. The largest absolute Gasteiger partial charge is 0.493 e. The Morgan fingerprint density at radius 1 is 1.31 bits per heavy atom. The highest BCUT2D eigenvalue weighted by atomic mass is 19.2. The van der Waals surface area contributed by atoms with E-state index in [9.17, 15) is 8.78 Å². The van der Waals surface area contributed by atoms with Gasteiger partial charge in [-0.25, -0.2) is 4.39 Å². The van der Waals surface area contributed by atoms with Crippen molar-refractivity contribution in [2.75, 3.05) is 7.11 Å². The number of methoxy groups -OCH3 is 1. The molecule has 0 radical (unpaired) electrons. The molecule has 88 valence electrons. The SMILES string of the molecule is COc1c(C2C(N)C2(C)C)ccc(F)c1F. The Hall–Kier alpha value is -1.16. The Kier molecular flexibility index (Phi) is 2.42. The molecule has 2 N–H and O–H groups in total. The van der Waals surface area contributed by atoms with E-state index in [0.29, 0.717) is 5.56 Å². The number of benzene rings is 1. The molecule has 1 aliphatic rings. The minimum atomic E-state index is -0.935. The number of nitrogens with two attached hydrogens (primary N) is 1. The van der Waals surface area contributed by atoms with Crippen molar-refractivity contribution in [2.24, 2.45) is 11.1 Å². The molecule has 0 saturated heterocycles. The summed E-state index contributed by atoms with van der Waals surface area (Å²) >= 11 is 0. The maximum absolute atomic E-state index is 13.5. The lowest BCUT2D eigenvalue weighted by Crippen LogP contribution is -2.06. The first kappa shape index (κ1) is 11.3. The summed E-state index contributed by atoms with van der Waals surface area (Å²) in [5.74, 6) is -1.83. The molecule has 2 nitrogen and oxygen atoms in total. The molecule has 2 unspecified atom stereocenters. The molecular weight excluding hydrogens is 212 g/mol. The highest BCUT2D eigenvalue weighted by Crippen LogP contribution is 2.59. The molecule has 1 aliphatic carbocycles. The van der Waals surface area contributed by atoms with Crippen LogP contribution in [0.4, 0.5) is 8.78 Å². The second-order valence-electron chi connectivity index (χ2n) is 4.81. The first-order valence-electron chi connectivity index (χ1n) is 5.18. The lowest BCUT2D eigenvalue weighted by Gasteiger charge is -2.10. The molecule has 0 heterocycles. The molecule has 0 aromatic heterocycles. The fraction of sp³-hybridized carbons (Fsp3) is 0.500. The van der Waals surface area contributed by atoms with E-state index in [0.717, 1.165) is 6.07 Å². The molecule has 0 amide bonds. The summed E-state index contributed by atoms with van der Waals surface area (Å²) in [5.41, 5.74) is 6.48. The van der Waals surface area contributed by atoms with Crippen LogP contribution in [0.25, 0.3) is 0 Å². The van der Waals surface area contributed by atoms with Gasteiger partial charge in [0.1, 0.15) is 0 Å². The summed E-state index contributed by atoms with van der Waals surface area (Å²) in [6.07, 6.45) is 0. The smallest absolute Gasteiger partial charge is 0.200 e. The maximum atomic E-state index is 13.5. The second kappa shape index (κ2) is 3.42. The van der Waals surface area contributed by atoms with Gasteiger partial charge in [-0.05, 0) is 11.5 Å². The van der Waals surface area contributed by atoms with Gasteiger partial charge < -0.3 is 10.5 Å². The van der Waals surface area contributed by atoms with Crippen LogP contribution in [0.3, 0.4) is 0 Å². The molecule has 16 heavy (non-hydrogen) atoms. The van der Waals surface area contributed by atoms with Gasteiger partial charge in [-0.3, -0.25) is 0 Å². The first-order chi connectivity index (χ1) is 7.41. The summed E-state index contributed by atoms with van der Waals surface area (Å²) in [5, 5.41) is 0. The van der Waals surface area contributed by atoms with Gasteiger partial charge in [-0.15, -0.1) is 0 Å². The van der Waals surface area contributed by atoms with Crippen LogP contribution >= 0.6 is 0 Å². The van der Waals surface area contributed by atoms with Gasteiger partial charge in [0.2, 0.25) is 5.82 Å². The van der Waals surface area contributed by atoms with Crippen LogP contribution in [-0.2, 0) is 0 Å². The van der Waals surface area contributed by atoms with Crippen LogP contribution in [0.15, 0.2) is 12.1 Å². The van der Waals surface area contributed by atoms with Gasteiger partial charge >= 0.3 is 0 Å². The molecule has 1 aromatic rings. The van der Waals surface area contributed by atoms with Gasteiger partial charge in [0.05, 0.1) is 7.11 Å². The fourth-order valence-electron chi connectivity index (χ4n) is 2.27. The molecule has 1 saturated carbocycles. The maximum Gasteiger partial charge on any atom is 0.200 e. The van der Waals surface area contributed by atoms with Crippen LogP contribution in [0, 0.1) is 17.0 Å². The third-order valence-corrected chi connectivity index (χ3v) is 3.53. The average molecular weight is 227 g/mol. The molecule has 1 fully saturated rings. The number of hydrogen-bond acceptors (Lipinski definition) is 2. The van der Waals surface area contributed by atoms with Crippen LogP contribution in [0.2, 0.25) is 0 Å². The zero-order chi connectivity index (χ0) is 12.1. The quantitative estimate of drug-likeness (QED) is 0.842. The van der Waals surface area contributed by atoms with Gasteiger partial charge in [0, 0.05) is 17.5 Å². The minimum Gasteiger partial charge on any atom is -0.493 e. The van der Waals surface area contributed by atoms with Crippen molar-refractivity contribution in [3.05, 3.63) is 29.3 Å². The highest BCUT2D eigenvalue weighted by molar-refractivity contribution is 5.45. The van der Waals surface area contributed by atoms with Crippen molar-refractivity contribution in [3.8, 4) is 5.75 Å². The van der Waals surface area contributed by atoms with Gasteiger partial charge in [-0.1, -0.05) is 19.9 Å². The lowest BCUT2D eigenvalue weighted by molar-refractivity contribution is 0.365. The van der Waals surface area contributed by atoms with Crippen LogP contribution < -0.4 is 10.5 Å². The molecular formula is C12H15F2NO. The third kappa shape index (κ3) is 1.40. The van der Waals surface area contributed by atoms with E-state index in [-0.39, 0.29) is 23.1 Å². The zero-order valence-electron chi connectivity index (χ0n) is 9.55. The Morgan fingerprint density at radius 3 is 2.31 bits per heavy atom. The standard InChI is InChI=1S/C12H15F2NO/c1-12(2)8(11(12)15)6-4-5-7(13)9(14)10(6)16-3/h4-5,8,11H,15H2,1-3H3. The fourth-order valence-corrected chi connectivity index (χ4v) is 2.27. The lowest BCUT2D eigenvalue weighted by atomic mass is 10.0. The molecule has 0 spiro atoms. The van der Waals surface area contributed by atoms with E-state index in [1.807, 2.05) is 13.8 Å². The Bertz CT molecular complexity index is 431. The Labute approximate surface area is 93.4 Å². The third-order valence-electron chi connectivity index (χ3n) is 3.53. The van der Waals surface area contributed by atoms with Crippen molar-refractivity contribution in [1.82, 2.24) is 0 Å². The van der Waals surface area contributed by atoms with Crippen LogP contribution in [0.1, 0.15) is 25.3 Å². The monoisotopic (exact) mass is 227 g/mol. The zero-order valence-corrected chi connectivity index (χ0v) is 9.55. The van der Waals surface area contributed by atoms with Crippen LogP contribution in [-0.4, -0.2) is 13.2 Å². The van der Waals surface area contributed by atoms with Crippen molar-refractivity contribution in [3.63, 3.8) is 0 Å². The predicted octanol–water partition coefficient (Wildman–Crippen LogP) is 2.42. The summed E-state index contributed by atoms with van der Waals surface area (Å²) in [6.45, 7) is 4.01. The van der Waals surface area contributed by atoms with E-state index in [1.54, 1.807) is 6.07 Å². The highest BCUT2D eigenvalue weighted by Gasteiger charge is 2.57. The van der Waals surface area contributed by atoms with Crippen molar-refractivity contribution < 1.29 is 13.5 Å². The van der Waals surface area contributed by atoms with Crippen molar-refractivity contribution >= 4 is 0 Å². The predicted molar refractivity (Wildman–Crippen MR) is 57.4 cm³/mol. The topological polar surface area (TPSA) is 35.2 Å². The molecule has 1 aromatic carbocycles. The van der Waals surface area contributed by atoms with Gasteiger partial charge in [0.25, 0.3) is 0 Å². The minimum absolute atomic E-state index is 0.0222. The molecule has 4 heteroatoms. The van der Waals surface area contributed by atoms with Crippen LogP contribution in [0.5, 0.6) is 5.75 Å². The second-order valence-corrected chi connectivity index (χ2v) is 4.81. The molecule has 2 rings (SSSR count). The van der Waals surface area contributed by atoms with E-state index in [2.05, 4.69) is 0 Å². The number of ether oxygens (including phenoxy) is 1. The van der Waals surface area contributed by atoms with E-state index < -0.39 is 11.6 Å². The normalized spacial score (nSPS) is 26.6. The number of rotatable bonds is 2. The summed E-state index contributed by atoms with van der Waals surface area (Å²) in [4.78, 5) is 0. The number of halogens is 2. The van der Waals surface area contributed by atoms with E-state index in [1.165, 1.54) is 7.11 Å². The van der Waals surface area contributed by atoms with Gasteiger partial charge in [-0.2, -0.15) is 4.39 Å². The summed E-state index contributed by atoms with van der Waals surface area (Å²) in [7, 11) is 1.34. The summed E-state index contributed by atoms with van der Waals surface area (Å²) in [6, 6.07) is 2.64. The molecule has 0 aliphatic heterocycles. The first-order valence-corrected chi connectivity index (χ1v) is 5.18. The average Bonchev–Trinajstić information content (AvgIpc) is 2.71. The van der Waals surface area contributed by atoms with Crippen molar-refractivity contribution in [2.45, 2.75) is 25.8 Å². The molecule has 0 bridgehead atoms. The van der Waals surface area contributed by atoms with E-state index >= 15 is 0 Å². The molecule has 2 atom stereocenters.